The number of amides is 1. The quantitative estimate of drug-likeness (QED) is 0.490. The largest absolute Gasteiger partial charge is 0.419 e. The van der Waals surface area contributed by atoms with E-state index in [9.17, 15) is 4.79 Å². The zero-order valence-electron chi connectivity index (χ0n) is 13.5. The van der Waals surface area contributed by atoms with Gasteiger partial charge in [-0.25, -0.2) is 0 Å². The van der Waals surface area contributed by atoms with Crippen molar-refractivity contribution in [1.82, 2.24) is 10.2 Å². The summed E-state index contributed by atoms with van der Waals surface area (Å²) in [5.41, 5.74) is 2.41. The van der Waals surface area contributed by atoms with E-state index in [1.54, 1.807) is 4.90 Å². The summed E-state index contributed by atoms with van der Waals surface area (Å²) in [6, 6.07) is 19.3. The molecule has 1 aliphatic heterocycles. The van der Waals surface area contributed by atoms with Crippen molar-refractivity contribution in [2.24, 2.45) is 0 Å². The highest BCUT2D eigenvalue weighted by Gasteiger charge is 2.30. The van der Waals surface area contributed by atoms with Crippen molar-refractivity contribution in [3.05, 3.63) is 76.6 Å². The molecule has 1 aromatic heterocycles. The maximum absolute atomic E-state index is 12.8. The minimum Gasteiger partial charge on any atom is -0.419 e. The topological polar surface area (TPSA) is 59.2 Å². The zero-order valence-corrected chi connectivity index (χ0v) is 15.1. The first kappa shape index (κ1) is 15.3. The highest BCUT2D eigenvalue weighted by Crippen LogP contribution is 2.38. The molecule has 2 heterocycles. The fraction of sp³-hybridized carbons (Fsp3) is 0.0500. The van der Waals surface area contributed by atoms with Gasteiger partial charge in [0.05, 0.1) is 11.3 Å². The number of hydrogen-bond donors (Lipinski definition) is 0. The van der Waals surface area contributed by atoms with Crippen LogP contribution in [0.2, 0.25) is 0 Å². The lowest BCUT2D eigenvalue weighted by Crippen LogP contribution is -2.26. The summed E-state index contributed by atoms with van der Waals surface area (Å²) in [5, 5.41) is 10.3. The smallest absolute Gasteiger partial charge is 0.259 e. The van der Waals surface area contributed by atoms with Crippen LogP contribution >= 0.6 is 15.9 Å². The van der Waals surface area contributed by atoms with Gasteiger partial charge in [-0.2, -0.15) is 0 Å². The molecular weight excluding hydrogens is 394 g/mol. The van der Waals surface area contributed by atoms with Crippen LogP contribution in [0.25, 0.3) is 22.2 Å². The molecule has 3 aromatic carbocycles. The molecule has 0 bridgehead atoms. The third-order valence-electron chi connectivity index (χ3n) is 4.51. The van der Waals surface area contributed by atoms with E-state index in [0.29, 0.717) is 17.3 Å². The van der Waals surface area contributed by atoms with Gasteiger partial charge in [-0.3, -0.25) is 9.69 Å². The van der Waals surface area contributed by atoms with Crippen molar-refractivity contribution in [2.75, 3.05) is 4.90 Å². The van der Waals surface area contributed by atoms with E-state index in [1.807, 2.05) is 60.7 Å². The van der Waals surface area contributed by atoms with Gasteiger partial charge in [-0.1, -0.05) is 36.4 Å². The Bertz CT molecular complexity index is 1160. The molecule has 5 nitrogen and oxygen atoms in total. The Morgan fingerprint density at radius 1 is 0.923 bits per heavy atom. The molecule has 0 radical (unpaired) electrons. The molecule has 26 heavy (non-hydrogen) atoms. The lowest BCUT2D eigenvalue weighted by atomic mass is 10.1. The van der Waals surface area contributed by atoms with Crippen molar-refractivity contribution < 1.29 is 9.21 Å². The van der Waals surface area contributed by atoms with Gasteiger partial charge in [0.15, 0.2) is 0 Å². The molecule has 0 saturated heterocycles. The number of anilines is 1. The fourth-order valence-electron chi connectivity index (χ4n) is 3.33. The van der Waals surface area contributed by atoms with Crippen LogP contribution in [0, 0.1) is 0 Å². The summed E-state index contributed by atoms with van der Waals surface area (Å²) in [5.74, 6) is 0.779. The van der Waals surface area contributed by atoms with E-state index in [-0.39, 0.29) is 12.5 Å². The number of hydrogen-bond acceptors (Lipinski definition) is 4. The third kappa shape index (κ3) is 2.26. The van der Waals surface area contributed by atoms with E-state index >= 15 is 0 Å². The SMILES string of the molecule is O=C1c2cccc3cccc(c23)N1Cc1nnc(-c2ccccc2Br)o1. The van der Waals surface area contributed by atoms with Crippen LogP contribution in [0.1, 0.15) is 16.2 Å². The van der Waals surface area contributed by atoms with Crippen molar-refractivity contribution in [3.63, 3.8) is 0 Å². The molecule has 1 amide bonds. The van der Waals surface area contributed by atoms with Crippen LogP contribution in [0.5, 0.6) is 0 Å². The lowest BCUT2D eigenvalue weighted by Gasteiger charge is -2.15. The van der Waals surface area contributed by atoms with Crippen molar-refractivity contribution in [2.45, 2.75) is 6.54 Å². The Hall–Kier alpha value is -2.99. The molecule has 0 unspecified atom stereocenters. The second-order valence-corrected chi connectivity index (χ2v) is 6.91. The van der Waals surface area contributed by atoms with Crippen LogP contribution in [0.15, 0.2) is 69.6 Å². The molecule has 0 N–H and O–H groups in total. The van der Waals surface area contributed by atoms with Gasteiger partial charge in [0, 0.05) is 15.4 Å². The number of nitrogens with zero attached hydrogens (tertiary/aromatic N) is 3. The second kappa shape index (κ2) is 5.78. The first-order chi connectivity index (χ1) is 12.7. The van der Waals surface area contributed by atoms with Crippen molar-refractivity contribution in [1.29, 1.82) is 0 Å². The molecule has 1 aliphatic rings. The van der Waals surface area contributed by atoms with E-state index in [4.69, 9.17) is 4.42 Å². The number of rotatable bonds is 3. The molecule has 0 spiro atoms. The van der Waals surface area contributed by atoms with E-state index in [2.05, 4.69) is 26.1 Å². The zero-order chi connectivity index (χ0) is 17.7. The Morgan fingerprint density at radius 2 is 1.69 bits per heavy atom. The van der Waals surface area contributed by atoms with Gasteiger partial charge in [0.1, 0.15) is 6.54 Å². The maximum atomic E-state index is 12.8. The number of aromatic nitrogens is 2. The summed E-state index contributed by atoms with van der Waals surface area (Å²) in [4.78, 5) is 14.5. The fourth-order valence-corrected chi connectivity index (χ4v) is 3.79. The summed E-state index contributed by atoms with van der Waals surface area (Å²) in [7, 11) is 0. The second-order valence-electron chi connectivity index (χ2n) is 6.05. The molecule has 5 rings (SSSR count). The number of carbonyl (C=O) groups excluding carboxylic acids is 1. The van der Waals surface area contributed by atoms with Crippen LogP contribution < -0.4 is 4.90 Å². The van der Waals surface area contributed by atoms with Crippen LogP contribution in [-0.2, 0) is 6.54 Å². The van der Waals surface area contributed by atoms with Crippen molar-refractivity contribution in [3.8, 4) is 11.5 Å². The summed E-state index contributed by atoms with van der Waals surface area (Å²) in [6.45, 7) is 0.240. The molecule has 126 valence electrons. The summed E-state index contributed by atoms with van der Waals surface area (Å²) in [6.07, 6.45) is 0. The van der Waals surface area contributed by atoms with Gasteiger partial charge < -0.3 is 4.42 Å². The predicted molar refractivity (Wildman–Crippen MR) is 102 cm³/mol. The maximum Gasteiger partial charge on any atom is 0.259 e. The Labute approximate surface area is 157 Å². The van der Waals surface area contributed by atoms with Gasteiger partial charge in [0.2, 0.25) is 11.8 Å². The average molecular weight is 406 g/mol. The van der Waals surface area contributed by atoms with Crippen LogP contribution in [0.4, 0.5) is 5.69 Å². The van der Waals surface area contributed by atoms with E-state index in [0.717, 1.165) is 26.5 Å². The molecule has 6 heteroatoms. The predicted octanol–water partition coefficient (Wildman–Crippen LogP) is 4.81. The number of halogens is 1. The lowest BCUT2D eigenvalue weighted by molar-refractivity contribution is 0.0989. The normalized spacial score (nSPS) is 13.0. The van der Waals surface area contributed by atoms with Gasteiger partial charge >= 0.3 is 0 Å². The first-order valence-electron chi connectivity index (χ1n) is 8.13. The van der Waals surface area contributed by atoms with Crippen LogP contribution in [0.3, 0.4) is 0 Å². The first-order valence-corrected chi connectivity index (χ1v) is 8.92. The van der Waals surface area contributed by atoms with Crippen molar-refractivity contribution >= 4 is 38.3 Å². The third-order valence-corrected chi connectivity index (χ3v) is 5.21. The Morgan fingerprint density at radius 3 is 2.54 bits per heavy atom. The molecular formula is C20H12BrN3O2. The van der Waals surface area contributed by atoms with Gasteiger partial charge in [-0.05, 0) is 45.6 Å². The van der Waals surface area contributed by atoms with Gasteiger partial charge in [0.25, 0.3) is 5.91 Å². The Kier molecular flexibility index (Phi) is 3.39. The molecule has 0 fully saturated rings. The summed E-state index contributed by atoms with van der Waals surface area (Å²) >= 11 is 3.49. The minimum absolute atomic E-state index is 0.0440. The summed E-state index contributed by atoms with van der Waals surface area (Å²) < 4.78 is 6.69. The molecule has 0 atom stereocenters. The highest BCUT2D eigenvalue weighted by atomic mass is 79.9. The van der Waals surface area contributed by atoms with Gasteiger partial charge in [-0.15, -0.1) is 10.2 Å². The Balaban J connectivity index is 1.51. The molecule has 0 aliphatic carbocycles. The average Bonchev–Trinajstić information content (AvgIpc) is 3.23. The standard InChI is InChI=1S/C20H12BrN3O2/c21-15-9-2-1-7-13(15)19-23-22-17(26-19)11-24-16-10-4-6-12-5-3-8-14(18(12)16)20(24)25/h1-10H,11H2. The van der Waals surface area contributed by atoms with E-state index < -0.39 is 0 Å². The van der Waals surface area contributed by atoms with E-state index in [1.165, 1.54) is 0 Å². The highest BCUT2D eigenvalue weighted by molar-refractivity contribution is 9.10. The monoisotopic (exact) mass is 405 g/mol. The number of carbonyl (C=O) groups is 1. The number of benzene rings is 3. The minimum atomic E-state index is -0.0440. The molecule has 4 aromatic rings. The van der Waals surface area contributed by atoms with Crippen LogP contribution in [-0.4, -0.2) is 16.1 Å². The molecule has 0 saturated carbocycles.